The number of aliphatic hydroxyl groups is 1. The van der Waals surface area contributed by atoms with Crippen LogP contribution in [0, 0.1) is 5.82 Å². The van der Waals surface area contributed by atoms with E-state index in [1.807, 2.05) is 24.3 Å². The third-order valence-corrected chi connectivity index (χ3v) is 2.68. The highest BCUT2D eigenvalue weighted by Gasteiger charge is 2.01. The van der Waals surface area contributed by atoms with Crippen LogP contribution in [0.15, 0.2) is 48.5 Å². The van der Waals surface area contributed by atoms with E-state index in [1.165, 1.54) is 12.1 Å². The number of hydrogen-bond donors (Lipinski definition) is 1. The fraction of sp³-hybridized carbons (Fsp3) is 0.200. The van der Waals surface area contributed by atoms with Gasteiger partial charge in [-0.05, 0) is 42.3 Å². The quantitative estimate of drug-likeness (QED) is 0.895. The molecule has 0 radical (unpaired) electrons. The monoisotopic (exact) mass is 246 g/mol. The molecule has 2 nitrogen and oxygen atoms in total. The molecule has 1 atom stereocenters. The van der Waals surface area contributed by atoms with Crippen LogP contribution in [0.1, 0.15) is 24.2 Å². The number of halogens is 1. The molecule has 18 heavy (non-hydrogen) atoms. The highest BCUT2D eigenvalue weighted by Crippen LogP contribution is 2.18. The van der Waals surface area contributed by atoms with Crippen LogP contribution in [0.4, 0.5) is 4.39 Å². The molecule has 0 saturated heterocycles. The van der Waals surface area contributed by atoms with E-state index in [2.05, 4.69) is 0 Å². The third kappa shape index (κ3) is 3.31. The van der Waals surface area contributed by atoms with E-state index in [1.54, 1.807) is 19.1 Å². The Hall–Kier alpha value is -1.87. The van der Waals surface area contributed by atoms with E-state index in [9.17, 15) is 9.50 Å². The number of benzene rings is 2. The summed E-state index contributed by atoms with van der Waals surface area (Å²) in [7, 11) is 0. The summed E-state index contributed by atoms with van der Waals surface area (Å²) in [5, 5.41) is 9.37. The highest BCUT2D eigenvalue weighted by atomic mass is 19.1. The number of rotatable bonds is 4. The van der Waals surface area contributed by atoms with Gasteiger partial charge in [0.2, 0.25) is 0 Å². The Labute approximate surface area is 106 Å². The highest BCUT2D eigenvalue weighted by molar-refractivity contribution is 5.28. The molecule has 0 bridgehead atoms. The molecule has 3 heteroatoms. The molecule has 94 valence electrons. The minimum atomic E-state index is -0.476. The van der Waals surface area contributed by atoms with Gasteiger partial charge < -0.3 is 9.84 Å². The van der Waals surface area contributed by atoms with Gasteiger partial charge in [-0.2, -0.15) is 0 Å². The zero-order valence-corrected chi connectivity index (χ0v) is 10.1. The average molecular weight is 246 g/mol. The van der Waals surface area contributed by atoms with Gasteiger partial charge in [0.25, 0.3) is 0 Å². The van der Waals surface area contributed by atoms with Gasteiger partial charge in [-0.15, -0.1) is 0 Å². The fourth-order valence-corrected chi connectivity index (χ4v) is 1.59. The third-order valence-electron chi connectivity index (χ3n) is 2.68. The van der Waals surface area contributed by atoms with Crippen LogP contribution < -0.4 is 4.74 Å². The van der Waals surface area contributed by atoms with Crippen molar-refractivity contribution in [2.24, 2.45) is 0 Å². The summed E-state index contributed by atoms with van der Waals surface area (Å²) in [4.78, 5) is 0. The maximum Gasteiger partial charge on any atom is 0.123 e. The maximum atomic E-state index is 12.7. The van der Waals surface area contributed by atoms with Gasteiger partial charge in [0.1, 0.15) is 18.2 Å². The fourth-order valence-electron chi connectivity index (χ4n) is 1.59. The smallest absolute Gasteiger partial charge is 0.123 e. The van der Waals surface area contributed by atoms with Crippen LogP contribution in [0.25, 0.3) is 0 Å². The molecular weight excluding hydrogens is 231 g/mol. The average Bonchev–Trinajstić information content (AvgIpc) is 2.38. The predicted octanol–water partition coefficient (Wildman–Crippen LogP) is 3.46. The van der Waals surface area contributed by atoms with Crippen molar-refractivity contribution in [3.05, 3.63) is 65.5 Å². The molecule has 0 aromatic heterocycles. The van der Waals surface area contributed by atoms with Crippen molar-refractivity contribution in [1.82, 2.24) is 0 Å². The van der Waals surface area contributed by atoms with E-state index >= 15 is 0 Å². The van der Waals surface area contributed by atoms with Gasteiger partial charge in [-0.1, -0.05) is 24.3 Å². The molecule has 0 aliphatic rings. The lowest BCUT2D eigenvalue weighted by molar-refractivity contribution is 0.199. The van der Waals surface area contributed by atoms with Crippen molar-refractivity contribution >= 4 is 0 Å². The zero-order chi connectivity index (χ0) is 13.0. The number of aliphatic hydroxyl groups excluding tert-OH is 1. The van der Waals surface area contributed by atoms with Crippen LogP contribution in [0.2, 0.25) is 0 Å². The molecule has 0 heterocycles. The summed E-state index contributed by atoms with van der Waals surface area (Å²) < 4.78 is 18.3. The van der Waals surface area contributed by atoms with Crippen LogP contribution in [-0.4, -0.2) is 5.11 Å². The molecule has 0 aliphatic heterocycles. The van der Waals surface area contributed by atoms with E-state index in [-0.39, 0.29) is 5.82 Å². The van der Waals surface area contributed by atoms with Crippen LogP contribution in [0.3, 0.4) is 0 Å². The van der Waals surface area contributed by atoms with Crippen molar-refractivity contribution in [3.8, 4) is 5.75 Å². The Morgan fingerprint density at radius 3 is 2.22 bits per heavy atom. The molecule has 0 fully saturated rings. The molecule has 0 saturated carbocycles. The van der Waals surface area contributed by atoms with Gasteiger partial charge in [0.15, 0.2) is 0 Å². The standard InChI is InChI=1S/C15H15FO2/c1-11(17)13-4-8-15(9-5-13)18-10-12-2-6-14(16)7-3-12/h2-9,11,17H,10H2,1H3. The number of hydrogen-bond acceptors (Lipinski definition) is 2. The Balaban J connectivity index is 1.95. The first-order valence-corrected chi connectivity index (χ1v) is 5.80. The van der Waals surface area contributed by atoms with Crippen molar-refractivity contribution in [2.45, 2.75) is 19.6 Å². The summed E-state index contributed by atoms with van der Waals surface area (Å²) in [6, 6.07) is 13.5. The first-order chi connectivity index (χ1) is 8.65. The summed E-state index contributed by atoms with van der Waals surface area (Å²) in [5.41, 5.74) is 1.76. The summed E-state index contributed by atoms with van der Waals surface area (Å²) in [6.45, 7) is 2.11. The Kier molecular flexibility index (Phi) is 3.95. The molecule has 1 unspecified atom stereocenters. The lowest BCUT2D eigenvalue weighted by Gasteiger charge is -2.08. The topological polar surface area (TPSA) is 29.5 Å². The Bertz CT molecular complexity index is 489. The van der Waals surface area contributed by atoms with Crippen molar-refractivity contribution in [1.29, 1.82) is 0 Å². The van der Waals surface area contributed by atoms with Crippen LogP contribution in [-0.2, 0) is 6.61 Å². The van der Waals surface area contributed by atoms with E-state index in [0.29, 0.717) is 6.61 Å². The first-order valence-electron chi connectivity index (χ1n) is 5.80. The molecule has 0 spiro atoms. The van der Waals surface area contributed by atoms with Gasteiger partial charge in [0.05, 0.1) is 6.10 Å². The first kappa shape index (κ1) is 12.6. The van der Waals surface area contributed by atoms with Crippen LogP contribution in [0.5, 0.6) is 5.75 Å². The van der Waals surface area contributed by atoms with Gasteiger partial charge in [-0.25, -0.2) is 4.39 Å². The molecule has 0 amide bonds. The maximum absolute atomic E-state index is 12.7. The van der Waals surface area contributed by atoms with Crippen molar-refractivity contribution < 1.29 is 14.2 Å². The molecule has 2 aromatic rings. The molecule has 2 aromatic carbocycles. The second kappa shape index (κ2) is 5.65. The zero-order valence-electron chi connectivity index (χ0n) is 10.1. The lowest BCUT2D eigenvalue weighted by Crippen LogP contribution is -1.96. The normalized spacial score (nSPS) is 12.2. The second-order valence-corrected chi connectivity index (χ2v) is 4.16. The van der Waals surface area contributed by atoms with Crippen molar-refractivity contribution in [3.63, 3.8) is 0 Å². The molecule has 2 rings (SSSR count). The van der Waals surface area contributed by atoms with E-state index in [4.69, 9.17) is 4.74 Å². The Morgan fingerprint density at radius 2 is 1.67 bits per heavy atom. The van der Waals surface area contributed by atoms with Crippen LogP contribution >= 0.6 is 0 Å². The largest absolute Gasteiger partial charge is 0.489 e. The summed E-state index contributed by atoms with van der Waals surface area (Å²) in [5.74, 6) is 0.476. The van der Waals surface area contributed by atoms with E-state index in [0.717, 1.165) is 16.9 Å². The predicted molar refractivity (Wildman–Crippen MR) is 67.8 cm³/mol. The second-order valence-electron chi connectivity index (χ2n) is 4.16. The molecule has 1 N–H and O–H groups in total. The van der Waals surface area contributed by atoms with Gasteiger partial charge in [0, 0.05) is 0 Å². The Morgan fingerprint density at radius 1 is 1.06 bits per heavy atom. The molecular formula is C15H15FO2. The molecule has 0 aliphatic carbocycles. The summed E-state index contributed by atoms with van der Waals surface area (Å²) >= 11 is 0. The SMILES string of the molecule is CC(O)c1ccc(OCc2ccc(F)cc2)cc1. The lowest BCUT2D eigenvalue weighted by atomic mass is 10.1. The minimum absolute atomic E-state index is 0.250. The number of ether oxygens (including phenoxy) is 1. The van der Waals surface area contributed by atoms with E-state index < -0.39 is 6.10 Å². The van der Waals surface area contributed by atoms with Gasteiger partial charge >= 0.3 is 0 Å². The van der Waals surface area contributed by atoms with Crippen molar-refractivity contribution in [2.75, 3.05) is 0 Å². The minimum Gasteiger partial charge on any atom is -0.489 e. The van der Waals surface area contributed by atoms with Gasteiger partial charge in [-0.3, -0.25) is 0 Å². The summed E-state index contributed by atoms with van der Waals surface area (Å²) in [6.07, 6.45) is -0.476.